The summed E-state index contributed by atoms with van der Waals surface area (Å²) in [6, 6.07) is 8.57. The van der Waals surface area contributed by atoms with Crippen LogP contribution in [0.15, 0.2) is 45.3 Å². The summed E-state index contributed by atoms with van der Waals surface area (Å²) in [6.45, 7) is 0. The standard InChI is InChI=1S/C13H6Br2F2O/c14-8-3-1-7(2-4-8)13(18)11-10(16)6-5-9(15)12(11)17/h1-6H. The van der Waals surface area contributed by atoms with Crippen molar-refractivity contribution < 1.29 is 13.6 Å². The fourth-order valence-corrected chi connectivity index (χ4v) is 2.08. The zero-order chi connectivity index (χ0) is 13.3. The zero-order valence-electron chi connectivity index (χ0n) is 8.88. The minimum Gasteiger partial charge on any atom is -0.288 e. The molecule has 0 amide bonds. The molecule has 0 unspecified atom stereocenters. The van der Waals surface area contributed by atoms with Crippen molar-refractivity contribution in [2.45, 2.75) is 0 Å². The van der Waals surface area contributed by atoms with Gasteiger partial charge < -0.3 is 0 Å². The largest absolute Gasteiger partial charge is 0.288 e. The Hall–Kier alpha value is -1.07. The van der Waals surface area contributed by atoms with Crippen molar-refractivity contribution in [1.29, 1.82) is 0 Å². The van der Waals surface area contributed by atoms with Gasteiger partial charge in [-0.1, -0.05) is 15.9 Å². The van der Waals surface area contributed by atoms with E-state index in [1.54, 1.807) is 12.1 Å². The third-order valence-corrected chi connectivity index (χ3v) is 3.52. The Balaban J connectivity index is 2.52. The molecule has 0 heterocycles. The van der Waals surface area contributed by atoms with Gasteiger partial charge in [0.15, 0.2) is 11.6 Å². The van der Waals surface area contributed by atoms with Crippen LogP contribution < -0.4 is 0 Å². The van der Waals surface area contributed by atoms with Gasteiger partial charge in [-0.3, -0.25) is 4.79 Å². The van der Waals surface area contributed by atoms with Crippen LogP contribution in [-0.4, -0.2) is 5.78 Å². The van der Waals surface area contributed by atoms with Crippen LogP contribution in [-0.2, 0) is 0 Å². The average Bonchev–Trinajstić information content (AvgIpc) is 2.35. The molecule has 92 valence electrons. The second-order valence-corrected chi connectivity index (χ2v) is 5.32. The molecule has 0 radical (unpaired) electrons. The first kappa shape index (κ1) is 13.4. The van der Waals surface area contributed by atoms with Crippen molar-refractivity contribution >= 4 is 37.6 Å². The summed E-state index contributed by atoms with van der Waals surface area (Å²) in [4.78, 5) is 12.0. The van der Waals surface area contributed by atoms with E-state index in [0.29, 0.717) is 0 Å². The molecular weight excluding hydrogens is 370 g/mol. The Bertz CT molecular complexity index is 609. The van der Waals surface area contributed by atoms with Crippen LogP contribution in [0.1, 0.15) is 15.9 Å². The SMILES string of the molecule is O=C(c1ccc(Br)cc1)c1c(F)ccc(Br)c1F. The van der Waals surface area contributed by atoms with Crippen LogP contribution in [0.4, 0.5) is 8.78 Å². The van der Waals surface area contributed by atoms with Gasteiger partial charge >= 0.3 is 0 Å². The molecule has 0 aliphatic rings. The molecule has 0 aliphatic carbocycles. The van der Waals surface area contributed by atoms with Gasteiger partial charge in [-0.05, 0) is 52.3 Å². The maximum atomic E-state index is 13.8. The highest BCUT2D eigenvalue weighted by Crippen LogP contribution is 2.24. The molecule has 5 heteroatoms. The van der Waals surface area contributed by atoms with Crippen molar-refractivity contribution in [2.75, 3.05) is 0 Å². The van der Waals surface area contributed by atoms with Gasteiger partial charge in [0, 0.05) is 10.0 Å². The summed E-state index contributed by atoms with van der Waals surface area (Å²) in [7, 11) is 0. The van der Waals surface area contributed by atoms with Gasteiger partial charge in [-0.2, -0.15) is 0 Å². The molecule has 1 nitrogen and oxygen atoms in total. The van der Waals surface area contributed by atoms with Crippen molar-refractivity contribution in [2.24, 2.45) is 0 Å². The lowest BCUT2D eigenvalue weighted by atomic mass is 10.0. The van der Waals surface area contributed by atoms with Crippen LogP contribution in [0.2, 0.25) is 0 Å². The van der Waals surface area contributed by atoms with Gasteiger partial charge in [-0.25, -0.2) is 8.78 Å². The molecule has 0 atom stereocenters. The summed E-state index contributed by atoms with van der Waals surface area (Å²) >= 11 is 6.16. The molecule has 0 saturated heterocycles. The lowest BCUT2D eigenvalue weighted by molar-refractivity contribution is 0.103. The minimum absolute atomic E-state index is 0.0596. The Morgan fingerprint density at radius 3 is 2.17 bits per heavy atom. The van der Waals surface area contributed by atoms with Crippen molar-refractivity contribution in [3.63, 3.8) is 0 Å². The van der Waals surface area contributed by atoms with E-state index in [9.17, 15) is 13.6 Å². The highest BCUT2D eigenvalue weighted by atomic mass is 79.9. The first-order valence-electron chi connectivity index (χ1n) is 4.94. The molecule has 0 fully saturated rings. The normalized spacial score (nSPS) is 10.4. The fraction of sp³-hybridized carbons (Fsp3) is 0. The van der Waals surface area contributed by atoms with Gasteiger partial charge in [-0.15, -0.1) is 0 Å². The number of carbonyl (C=O) groups excluding carboxylic acids is 1. The van der Waals surface area contributed by atoms with E-state index in [2.05, 4.69) is 31.9 Å². The first-order chi connectivity index (χ1) is 8.50. The Labute approximate surface area is 119 Å². The lowest BCUT2D eigenvalue weighted by Crippen LogP contribution is -2.08. The number of halogens is 4. The summed E-state index contributed by atoms with van der Waals surface area (Å²) in [6.07, 6.45) is 0. The molecule has 0 spiro atoms. The van der Waals surface area contributed by atoms with E-state index < -0.39 is 23.0 Å². The van der Waals surface area contributed by atoms with Crippen molar-refractivity contribution in [3.05, 3.63) is 68.1 Å². The molecule has 18 heavy (non-hydrogen) atoms. The Morgan fingerprint density at radius 2 is 1.56 bits per heavy atom. The third-order valence-electron chi connectivity index (χ3n) is 2.38. The predicted octanol–water partition coefficient (Wildman–Crippen LogP) is 4.72. The molecule has 0 bridgehead atoms. The zero-order valence-corrected chi connectivity index (χ0v) is 12.1. The highest BCUT2D eigenvalue weighted by Gasteiger charge is 2.20. The summed E-state index contributed by atoms with van der Waals surface area (Å²) < 4.78 is 28.2. The quantitative estimate of drug-likeness (QED) is 0.548. The summed E-state index contributed by atoms with van der Waals surface area (Å²) in [5, 5.41) is 0. The van der Waals surface area contributed by atoms with E-state index in [0.717, 1.165) is 10.5 Å². The van der Waals surface area contributed by atoms with Crippen LogP contribution in [0.3, 0.4) is 0 Å². The first-order valence-corrected chi connectivity index (χ1v) is 6.53. The van der Waals surface area contributed by atoms with Crippen LogP contribution in [0, 0.1) is 11.6 Å². The molecule has 2 rings (SSSR count). The minimum atomic E-state index is -0.886. The molecule has 0 aliphatic heterocycles. The number of hydrogen-bond acceptors (Lipinski definition) is 1. The lowest BCUT2D eigenvalue weighted by Gasteiger charge is -2.06. The number of rotatable bonds is 2. The topological polar surface area (TPSA) is 17.1 Å². The average molecular weight is 376 g/mol. The van der Waals surface area contributed by atoms with E-state index in [1.165, 1.54) is 18.2 Å². The summed E-state index contributed by atoms with van der Waals surface area (Å²) in [5.74, 6) is -2.44. The van der Waals surface area contributed by atoms with Gasteiger partial charge in [0.05, 0.1) is 10.0 Å². The molecule has 0 aromatic heterocycles. The predicted molar refractivity (Wildman–Crippen MR) is 71.6 cm³/mol. The Morgan fingerprint density at radius 1 is 0.944 bits per heavy atom. The van der Waals surface area contributed by atoms with E-state index in [1.807, 2.05) is 0 Å². The van der Waals surface area contributed by atoms with Gasteiger partial charge in [0.25, 0.3) is 0 Å². The van der Waals surface area contributed by atoms with Crippen molar-refractivity contribution in [1.82, 2.24) is 0 Å². The second-order valence-electron chi connectivity index (χ2n) is 3.55. The van der Waals surface area contributed by atoms with Gasteiger partial charge in [0.2, 0.25) is 0 Å². The maximum Gasteiger partial charge on any atom is 0.198 e. The summed E-state index contributed by atoms with van der Waals surface area (Å²) in [5.41, 5.74) is -0.319. The maximum absolute atomic E-state index is 13.8. The monoisotopic (exact) mass is 374 g/mol. The molecule has 0 N–H and O–H groups in total. The Kier molecular flexibility index (Phi) is 3.92. The van der Waals surface area contributed by atoms with E-state index in [4.69, 9.17) is 0 Å². The number of ketones is 1. The molecule has 0 saturated carbocycles. The second kappa shape index (κ2) is 5.28. The third kappa shape index (κ3) is 2.52. The molecule has 2 aromatic rings. The number of carbonyl (C=O) groups is 1. The smallest absolute Gasteiger partial charge is 0.198 e. The van der Waals surface area contributed by atoms with Crippen LogP contribution in [0.5, 0.6) is 0 Å². The van der Waals surface area contributed by atoms with Gasteiger partial charge in [0.1, 0.15) is 5.82 Å². The molecule has 2 aromatic carbocycles. The van der Waals surface area contributed by atoms with E-state index >= 15 is 0 Å². The highest BCUT2D eigenvalue weighted by molar-refractivity contribution is 9.10. The van der Waals surface area contributed by atoms with Crippen LogP contribution >= 0.6 is 31.9 Å². The van der Waals surface area contributed by atoms with Crippen LogP contribution in [0.25, 0.3) is 0 Å². The fourth-order valence-electron chi connectivity index (χ4n) is 1.48. The molecular formula is C13H6Br2F2O. The van der Waals surface area contributed by atoms with Crippen molar-refractivity contribution in [3.8, 4) is 0 Å². The van der Waals surface area contributed by atoms with E-state index in [-0.39, 0.29) is 10.0 Å². The number of benzene rings is 2. The number of hydrogen-bond donors (Lipinski definition) is 0.